The first-order valence-electron chi connectivity index (χ1n) is 8.01. The van der Waals surface area contributed by atoms with Crippen LogP contribution in [0.5, 0.6) is 0 Å². The van der Waals surface area contributed by atoms with Gasteiger partial charge in [-0.1, -0.05) is 18.2 Å². The van der Waals surface area contributed by atoms with Gasteiger partial charge in [0.2, 0.25) is 5.89 Å². The zero-order chi connectivity index (χ0) is 16.4. The average molecular weight is 325 g/mol. The van der Waals surface area contributed by atoms with Gasteiger partial charge in [-0.05, 0) is 18.6 Å². The zero-order valence-electron chi connectivity index (χ0n) is 13.5. The number of hydrogen-bond acceptors (Lipinski definition) is 5. The highest BCUT2D eigenvalue weighted by atomic mass is 16.5. The summed E-state index contributed by atoms with van der Waals surface area (Å²) >= 11 is 0. The van der Waals surface area contributed by atoms with Crippen LogP contribution in [0.4, 0.5) is 0 Å². The quantitative estimate of drug-likeness (QED) is 0.737. The van der Waals surface area contributed by atoms with Gasteiger partial charge in [-0.15, -0.1) is 0 Å². The molecule has 3 aromatic rings. The summed E-state index contributed by atoms with van der Waals surface area (Å²) in [6, 6.07) is 9.91. The van der Waals surface area contributed by atoms with Crippen LogP contribution in [0.2, 0.25) is 0 Å². The third-order valence-electron chi connectivity index (χ3n) is 4.35. The average Bonchev–Trinajstić information content (AvgIpc) is 3.31. The van der Waals surface area contributed by atoms with Crippen molar-refractivity contribution in [2.45, 2.75) is 18.6 Å². The van der Waals surface area contributed by atoms with Gasteiger partial charge in [0.25, 0.3) is 0 Å². The van der Waals surface area contributed by atoms with E-state index < -0.39 is 0 Å². The number of imidazole rings is 1. The zero-order valence-corrected chi connectivity index (χ0v) is 13.5. The van der Waals surface area contributed by atoms with Gasteiger partial charge in [-0.2, -0.15) is 0 Å². The van der Waals surface area contributed by atoms with Gasteiger partial charge in [-0.25, -0.2) is 9.97 Å². The normalized spacial score (nSPS) is 21.0. The summed E-state index contributed by atoms with van der Waals surface area (Å²) in [7, 11) is 1.74. The first kappa shape index (κ1) is 15.1. The van der Waals surface area contributed by atoms with Crippen molar-refractivity contribution in [2.75, 3.05) is 20.3 Å². The van der Waals surface area contributed by atoms with E-state index in [1.807, 2.05) is 36.5 Å². The fourth-order valence-electron chi connectivity index (χ4n) is 3.11. The summed E-state index contributed by atoms with van der Waals surface area (Å²) in [4.78, 5) is 9.06. The highest BCUT2D eigenvalue weighted by Crippen LogP contribution is 2.29. The molecule has 1 aliphatic rings. The summed E-state index contributed by atoms with van der Waals surface area (Å²) in [5.74, 6) is 1.35. The number of benzene rings is 1. The molecule has 124 valence electrons. The second-order valence-electron chi connectivity index (χ2n) is 5.77. The molecule has 0 amide bonds. The predicted octanol–water partition coefficient (Wildman–Crippen LogP) is 3.18. The molecule has 1 saturated heterocycles. The Bertz CT molecular complexity index is 797. The second-order valence-corrected chi connectivity index (χ2v) is 5.77. The summed E-state index contributed by atoms with van der Waals surface area (Å²) in [5, 5.41) is 0. The number of ether oxygens (including phenoxy) is 2. The Labute approximate surface area is 140 Å². The molecule has 0 radical (unpaired) electrons. The van der Waals surface area contributed by atoms with Crippen molar-refractivity contribution in [1.29, 1.82) is 0 Å². The second kappa shape index (κ2) is 6.59. The van der Waals surface area contributed by atoms with Gasteiger partial charge in [0, 0.05) is 31.7 Å². The fraction of sp³-hybridized carbons (Fsp3) is 0.333. The van der Waals surface area contributed by atoms with Crippen molar-refractivity contribution in [2.24, 2.45) is 0 Å². The number of hydrogen-bond donors (Lipinski definition) is 0. The monoisotopic (exact) mass is 325 g/mol. The van der Waals surface area contributed by atoms with Gasteiger partial charge in [0.15, 0.2) is 5.82 Å². The Morgan fingerprint density at radius 2 is 2.12 bits per heavy atom. The van der Waals surface area contributed by atoms with E-state index in [0.717, 1.165) is 24.4 Å². The van der Waals surface area contributed by atoms with E-state index >= 15 is 0 Å². The predicted molar refractivity (Wildman–Crippen MR) is 88.4 cm³/mol. The van der Waals surface area contributed by atoms with Crippen molar-refractivity contribution in [3.05, 3.63) is 49.0 Å². The van der Waals surface area contributed by atoms with Crippen LogP contribution in [0.1, 0.15) is 12.5 Å². The molecule has 3 heterocycles. The van der Waals surface area contributed by atoms with Gasteiger partial charge >= 0.3 is 0 Å². The number of aromatic nitrogens is 3. The van der Waals surface area contributed by atoms with E-state index in [9.17, 15) is 0 Å². The molecule has 6 nitrogen and oxygen atoms in total. The molecular weight excluding hydrogens is 306 g/mol. The lowest BCUT2D eigenvalue weighted by Gasteiger charge is -2.32. The molecule has 0 N–H and O–H groups in total. The van der Waals surface area contributed by atoms with E-state index in [1.54, 1.807) is 19.6 Å². The van der Waals surface area contributed by atoms with Gasteiger partial charge in [0.05, 0.1) is 18.8 Å². The molecule has 0 aliphatic carbocycles. The maximum Gasteiger partial charge on any atom is 0.226 e. The summed E-state index contributed by atoms with van der Waals surface area (Å²) < 4.78 is 19.0. The standard InChI is InChI=1S/C18H19N3O3/c1-22-16-7-10-23-12-15(16)21-9-8-19-17(21)14-11-24-18(20-14)13-5-3-2-4-6-13/h2-6,8-9,11,15-16H,7,10,12H2,1H3/t15-,16-/m1/s1. The maximum atomic E-state index is 5.64. The Morgan fingerprint density at radius 3 is 2.96 bits per heavy atom. The molecule has 0 saturated carbocycles. The largest absolute Gasteiger partial charge is 0.444 e. The van der Waals surface area contributed by atoms with Crippen LogP contribution < -0.4 is 0 Å². The highest BCUT2D eigenvalue weighted by Gasteiger charge is 2.29. The summed E-state index contributed by atoms with van der Waals surface area (Å²) in [6.07, 6.45) is 6.33. The lowest BCUT2D eigenvalue weighted by molar-refractivity contribution is -0.0493. The Hall–Kier alpha value is -2.44. The van der Waals surface area contributed by atoms with E-state index in [2.05, 4.69) is 14.5 Å². The first-order valence-corrected chi connectivity index (χ1v) is 8.01. The number of methoxy groups -OCH3 is 1. The molecule has 0 unspecified atom stereocenters. The molecule has 4 rings (SSSR count). The lowest BCUT2D eigenvalue weighted by atomic mass is 10.1. The molecule has 0 spiro atoms. The molecule has 2 aromatic heterocycles. The Balaban J connectivity index is 1.67. The molecule has 0 bridgehead atoms. The van der Waals surface area contributed by atoms with E-state index in [4.69, 9.17) is 13.9 Å². The third-order valence-corrected chi connectivity index (χ3v) is 4.35. The van der Waals surface area contributed by atoms with Crippen molar-refractivity contribution in [3.63, 3.8) is 0 Å². The lowest BCUT2D eigenvalue weighted by Crippen LogP contribution is -2.35. The van der Waals surface area contributed by atoms with Crippen LogP contribution in [0.25, 0.3) is 23.0 Å². The molecule has 2 atom stereocenters. The van der Waals surface area contributed by atoms with Crippen LogP contribution in [0.3, 0.4) is 0 Å². The number of oxazole rings is 1. The smallest absolute Gasteiger partial charge is 0.226 e. The van der Waals surface area contributed by atoms with Crippen LogP contribution in [-0.4, -0.2) is 41.0 Å². The SMILES string of the molecule is CO[C@@H]1CCOC[C@H]1n1ccnc1-c1coc(-c2ccccc2)n1. The van der Waals surface area contributed by atoms with Crippen LogP contribution in [-0.2, 0) is 9.47 Å². The molecular formula is C18H19N3O3. The molecule has 1 aliphatic heterocycles. The van der Waals surface area contributed by atoms with Crippen molar-refractivity contribution in [1.82, 2.24) is 14.5 Å². The van der Waals surface area contributed by atoms with E-state index in [1.165, 1.54) is 0 Å². The van der Waals surface area contributed by atoms with Crippen molar-refractivity contribution in [3.8, 4) is 23.0 Å². The summed E-state index contributed by atoms with van der Waals surface area (Å²) in [6.45, 7) is 1.33. The highest BCUT2D eigenvalue weighted by molar-refractivity contribution is 5.58. The number of rotatable bonds is 4. The number of nitrogens with zero attached hydrogens (tertiary/aromatic N) is 3. The minimum Gasteiger partial charge on any atom is -0.444 e. The molecule has 6 heteroatoms. The molecule has 1 fully saturated rings. The Morgan fingerprint density at radius 1 is 1.25 bits per heavy atom. The van der Waals surface area contributed by atoms with Gasteiger partial charge in [0.1, 0.15) is 12.0 Å². The van der Waals surface area contributed by atoms with Crippen molar-refractivity contribution >= 4 is 0 Å². The topological polar surface area (TPSA) is 62.3 Å². The molecule has 24 heavy (non-hydrogen) atoms. The van der Waals surface area contributed by atoms with Crippen LogP contribution in [0, 0.1) is 0 Å². The maximum absolute atomic E-state index is 5.64. The fourth-order valence-corrected chi connectivity index (χ4v) is 3.11. The first-order chi connectivity index (χ1) is 11.9. The minimum atomic E-state index is 0.0816. The van der Waals surface area contributed by atoms with E-state index in [-0.39, 0.29) is 12.1 Å². The summed E-state index contributed by atoms with van der Waals surface area (Å²) in [5.41, 5.74) is 1.65. The minimum absolute atomic E-state index is 0.0816. The third kappa shape index (κ3) is 2.74. The van der Waals surface area contributed by atoms with Crippen LogP contribution in [0.15, 0.2) is 53.4 Å². The molecule has 1 aromatic carbocycles. The van der Waals surface area contributed by atoms with Crippen LogP contribution >= 0.6 is 0 Å². The Kier molecular flexibility index (Phi) is 4.15. The van der Waals surface area contributed by atoms with Gasteiger partial charge < -0.3 is 18.5 Å². The van der Waals surface area contributed by atoms with Crippen molar-refractivity contribution < 1.29 is 13.9 Å². The van der Waals surface area contributed by atoms with Gasteiger partial charge in [-0.3, -0.25) is 0 Å². The van der Waals surface area contributed by atoms with E-state index in [0.29, 0.717) is 18.2 Å².